The second kappa shape index (κ2) is 29.7. The fourth-order valence-corrected chi connectivity index (χ4v) is 6.39. The SMILES string of the molecule is CCCCc1cc(CCCC)c(N=Cc2cc(C)cc(C=Nc3c(CCCC)cc(CCCC)cc3CCCC)n2)c(CCCC)c1.[Cl-].[Cl-].[Cl-].[Fe+3]. The summed E-state index contributed by atoms with van der Waals surface area (Å²) in [5, 5.41) is 0. The number of unbranched alkanes of at least 4 members (excludes halogenated alkanes) is 6. The van der Waals surface area contributed by atoms with Gasteiger partial charge in [-0.1, -0.05) is 104 Å². The average molecular weight is 798 g/mol. The van der Waals surface area contributed by atoms with Gasteiger partial charge in [0, 0.05) is 0 Å². The van der Waals surface area contributed by atoms with Crippen LogP contribution in [0.3, 0.4) is 0 Å². The Hall–Kier alpha value is -1.68. The van der Waals surface area contributed by atoms with E-state index in [1.807, 2.05) is 12.4 Å². The first-order valence-electron chi connectivity index (χ1n) is 19.3. The molecule has 0 fully saturated rings. The Morgan fingerprint density at radius 2 is 0.725 bits per heavy atom. The van der Waals surface area contributed by atoms with Gasteiger partial charge in [0.15, 0.2) is 0 Å². The average Bonchev–Trinajstić information content (AvgIpc) is 3.07. The van der Waals surface area contributed by atoms with Crippen LogP contribution in [0.5, 0.6) is 0 Å². The third kappa shape index (κ3) is 17.8. The molecule has 0 saturated carbocycles. The minimum Gasteiger partial charge on any atom is -1.00 e. The van der Waals surface area contributed by atoms with Crippen LogP contribution in [0.2, 0.25) is 0 Å². The first-order valence-corrected chi connectivity index (χ1v) is 19.3. The van der Waals surface area contributed by atoms with E-state index in [2.05, 4.69) is 84.9 Å². The van der Waals surface area contributed by atoms with Gasteiger partial charge in [-0.2, -0.15) is 0 Å². The van der Waals surface area contributed by atoms with Gasteiger partial charge in [0.1, 0.15) is 0 Å². The molecule has 0 atom stereocenters. The predicted molar refractivity (Wildman–Crippen MR) is 208 cm³/mol. The summed E-state index contributed by atoms with van der Waals surface area (Å²) in [7, 11) is 0. The molecule has 0 bridgehead atoms. The number of rotatable bonds is 22. The van der Waals surface area contributed by atoms with Crippen molar-refractivity contribution in [3.05, 3.63) is 86.7 Å². The molecule has 1 heterocycles. The minimum absolute atomic E-state index is 0. The van der Waals surface area contributed by atoms with Gasteiger partial charge in [-0.25, -0.2) is 4.98 Å². The Morgan fingerprint density at radius 3 is 1.00 bits per heavy atom. The second-order valence-electron chi connectivity index (χ2n) is 13.7. The molecule has 0 amide bonds. The molecule has 0 aliphatic carbocycles. The summed E-state index contributed by atoms with van der Waals surface area (Å²) >= 11 is 0. The van der Waals surface area contributed by atoms with Crippen molar-refractivity contribution in [1.82, 2.24) is 4.98 Å². The molecule has 0 aliphatic heterocycles. The standard InChI is InChI=1S/C44H65N3.3ClH.Fe/c1-8-14-20-35-28-37(22-16-10-3)43(38(29-35)23-17-11-4)45-32-41-26-34(7)27-42(47-41)33-46-44-39(24-18-12-5)30-36(21-15-9-2)31-40(44)25-19-13-6;;;;/h26-33H,8-25H2,1-7H3;3*1H;/q;;;;+3/p-3. The maximum atomic E-state index is 5.20. The van der Waals surface area contributed by atoms with Crippen molar-refractivity contribution in [3.8, 4) is 0 Å². The number of nitrogens with zero attached hydrogens (tertiary/aromatic N) is 3. The van der Waals surface area contributed by atoms with Gasteiger partial charge >= 0.3 is 17.1 Å². The Morgan fingerprint density at radius 1 is 0.451 bits per heavy atom. The topological polar surface area (TPSA) is 37.6 Å². The van der Waals surface area contributed by atoms with E-state index < -0.39 is 0 Å². The summed E-state index contributed by atoms with van der Waals surface area (Å²) in [6.45, 7) is 15.8. The number of hydrogen-bond donors (Lipinski definition) is 0. The number of hydrogen-bond acceptors (Lipinski definition) is 3. The van der Waals surface area contributed by atoms with Crippen molar-refractivity contribution in [2.24, 2.45) is 9.98 Å². The zero-order valence-electron chi connectivity index (χ0n) is 32.7. The van der Waals surface area contributed by atoms with Gasteiger partial charge in [-0.3, -0.25) is 9.98 Å². The van der Waals surface area contributed by atoms with Crippen molar-refractivity contribution in [3.63, 3.8) is 0 Å². The van der Waals surface area contributed by atoms with Crippen LogP contribution in [0.1, 0.15) is 169 Å². The van der Waals surface area contributed by atoms with Gasteiger partial charge in [0.2, 0.25) is 0 Å². The van der Waals surface area contributed by atoms with E-state index in [9.17, 15) is 0 Å². The smallest absolute Gasteiger partial charge is 1.00 e. The third-order valence-electron chi connectivity index (χ3n) is 9.15. The van der Waals surface area contributed by atoms with Crippen LogP contribution in [0.4, 0.5) is 11.4 Å². The summed E-state index contributed by atoms with van der Waals surface area (Å²) < 4.78 is 0. The van der Waals surface area contributed by atoms with E-state index >= 15 is 0 Å². The van der Waals surface area contributed by atoms with Crippen LogP contribution in [0.15, 0.2) is 46.4 Å². The molecule has 0 saturated heterocycles. The molecule has 3 nitrogen and oxygen atoms in total. The summed E-state index contributed by atoms with van der Waals surface area (Å²) in [5.74, 6) is 0. The molecular weight excluding hydrogens is 733 g/mol. The third-order valence-corrected chi connectivity index (χ3v) is 9.15. The quantitative estimate of drug-likeness (QED) is 0.112. The van der Waals surface area contributed by atoms with E-state index in [0.717, 1.165) is 49.9 Å². The summed E-state index contributed by atoms with van der Waals surface area (Å²) in [6, 6.07) is 14.1. The molecule has 0 N–H and O–H groups in total. The molecule has 3 rings (SSSR count). The minimum atomic E-state index is 0. The molecule has 0 unspecified atom stereocenters. The number of pyridine rings is 1. The zero-order valence-corrected chi connectivity index (χ0v) is 36.0. The fraction of sp³-hybridized carbons (Fsp3) is 0.568. The second-order valence-corrected chi connectivity index (χ2v) is 13.7. The van der Waals surface area contributed by atoms with Crippen molar-refractivity contribution in [2.75, 3.05) is 0 Å². The van der Waals surface area contributed by atoms with Gasteiger partial charge in [-0.05, 0) is 135 Å². The molecule has 1 radical (unpaired) electrons. The summed E-state index contributed by atoms with van der Waals surface area (Å²) in [4.78, 5) is 15.5. The Balaban J connectivity index is 0. The fourth-order valence-electron chi connectivity index (χ4n) is 6.39. The number of benzene rings is 2. The Labute approximate surface area is 341 Å². The predicted octanol–water partition coefficient (Wildman–Crippen LogP) is 3.96. The molecule has 285 valence electrons. The van der Waals surface area contributed by atoms with E-state index in [1.165, 1.54) is 127 Å². The van der Waals surface area contributed by atoms with Crippen LogP contribution in [0.25, 0.3) is 0 Å². The Kier molecular flexibility index (Phi) is 30.0. The zero-order chi connectivity index (χ0) is 33.9. The number of aryl methyl sites for hydroxylation is 7. The van der Waals surface area contributed by atoms with Crippen LogP contribution in [0, 0.1) is 6.92 Å². The summed E-state index contributed by atoms with van der Waals surface area (Å²) in [5.41, 5.74) is 13.9. The molecular formula is C44H65Cl3FeN3. The molecule has 51 heavy (non-hydrogen) atoms. The molecule has 3 aromatic rings. The largest absolute Gasteiger partial charge is 3.00 e. The number of aromatic nitrogens is 1. The van der Waals surface area contributed by atoms with Crippen molar-refractivity contribution >= 4 is 23.8 Å². The van der Waals surface area contributed by atoms with Crippen molar-refractivity contribution in [1.29, 1.82) is 0 Å². The maximum Gasteiger partial charge on any atom is 3.00 e. The van der Waals surface area contributed by atoms with Gasteiger partial charge in [0.25, 0.3) is 0 Å². The van der Waals surface area contributed by atoms with E-state index in [1.54, 1.807) is 0 Å². The van der Waals surface area contributed by atoms with Gasteiger partial charge in [-0.15, -0.1) is 0 Å². The van der Waals surface area contributed by atoms with Gasteiger partial charge < -0.3 is 37.2 Å². The van der Waals surface area contributed by atoms with Crippen LogP contribution >= 0.6 is 0 Å². The first-order chi connectivity index (χ1) is 23.0. The maximum absolute atomic E-state index is 5.20. The van der Waals surface area contributed by atoms with Crippen LogP contribution < -0.4 is 37.2 Å². The van der Waals surface area contributed by atoms with Crippen LogP contribution in [-0.4, -0.2) is 17.4 Å². The van der Waals surface area contributed by atoms with Crippen molar-refractivity contribution < 1.29 is 54.3 Å². The molecule has 1 aromatic heterocycles. The van der Waals surface area contributed by atoms with Gasteiger partial charge in [0.05, 0.1) is 35.2 Å². The molecule has 0 aliphatic rings. The van der Waals surface area contributed by atoms with E-state index in [-0.39, 0.29) is 54.3 Å². The molecule has 2 aromatic carbocycles. The number of halogens is 3. The van der Waals surface area contributed by atoms with Crippen LogP contribution in [-0.2, 0) is 55.6 Å². The first kappa shape index (κ1) is 51.4. The molecule has 7 heteroatoms. The molecule has 0 spiro atoms. The Bertz CT molecular complexity index is 1280. The monoisotopic (exact) mass is 796 g/mol. The normalized spacial score (nSPS) is 10.9. The van der Waals surface area contributed by atoms with E-state index in [4.69, 9.17) is 15.0 Å². The number of aliphatic imine (C=N–C) groups is 2. The summed E-state index contributed by atoms with van der Waals surface area (Å²) in [6.07, 6.45) is 25.1. The van der Waals surface area contributed by atoms with E-state index in [0.29, 0.717) is 0 Å². The van der Waals surface area contributed by atoms with Crippen molar-refractivity contribution in [2.45, 2.75) is 164 Å².